The third-order valence-electron chi connectivity index (χ3n) is 5.00. The molecule has 0 bridgehead atoms. The number of nitriles is 1. The van der Waals surface area contributed by atoms with Gasteiger partial charge in [-0.2, -0.15) is 10.4 Å². The highest BCUT2D eigenvalue weighted by molar-refractivity contribution is 6.31. The van der Waals surface area contributed by atoms with Gasteiger partial charge in [0.1, 0.15) is 0 Å². The van der Waals surface area contributed by atoms with Crippen LogP contribution in [0.1, 0.15) is 16.1 Å². The number of rotatable bonds is 2. The van der Waals surface area contributed by atoms with Gasteiger partial charge in [0.2, 0.25) is 0 Å². The van der Waals surface area contributed by atoms with Crippen LogP contribution in [-0.2, 0) is 7.05 Å². The van der Waals surface area contributed by atoms with Gasteiger partial charge in [-0.1, -0.05) is 11.6 Å². The van der Waals surface area contributed by atoms with E-state index in [9.17, 15) is 9.59 Å². The molecule has 1 aliphatic rings. The molecule has 4 rings (SSSR count). The molecule has 29 heavy (non-hydrogen) atoms. The average Bonchev–Trinajstić information content (AvgIpc) is 2.75. The minimum Gasteiger partial charge on any atom is -0.368 e. The van der Waals surface area contributed by atoms with Crippen molar-refractivity contribution in [1.29, 1.82) is 5.26 Å². The topological polar surface area (TPSA) is 95.1 Å². The summed E-state index contributed by atoms with van der Waals surface area (Å²) in [5.41, 5.74) is 1.31. The summed E-state index contributed by atoms with van der Waals surface area (Å²) in [5.74, 6) is -0.234. The maximum atomic E-state index is 13.1. The van der Waals surface area contributed by atoms with Gasteiger partial charge in [0, 0.05) is 61.7 Å². The fourth-order valence-electron chi connectivity index (χ4n) is 3.49. The lowest BCUT2D eigenvalue weighted by Crippen LogP contribution is -2.49. The zero-order valence-electron chi connectivity index (χ0n) is 15.7. The summed E-state index contributed by atoms with van der Waals surface area (Å²) in [6.07, 6.45) is 3.03. The van der Waals surface area contributed by atoms with Crippen molar-refractivity contribution in [3.63, 3.8) is 0 Å². The number of aromatic nitrogens is 3. The van der Waals surface area contributed by atoms with Crippen molar-refractivity contribution in [2.75, 3.05) is 31.1 Å². The molecule has 1 amide bonds. The van der Waals surface area contributed by atoms with E-state index in [2.05, 4.69) is 21.1 Å². The summed E-state index contributed by atoms with van der Waals surface area (Å²) < 4.78 is 1.18. The molecule has 9 heteroatoms. The largest absolute Gasteiger partial charge is 0.368 e. The number of carbonyl (C=O) groups is 1. The molecule has 1 aromatic carbocycles. The molecule has 0 spiro atoms. The molecule has 2 aromatic heterocycles. The Morgan fingerprint density at radius 3 is 2.66 bits per heavy atom. The first-order chi connectivity index (χ1) is 14.0. The Hall–Kier alpha value is -3.44. The number of fused-ring (bicyclic) bond motifs is 1. The molecule has 1 aliphatic heterocycles. The number of carbonyl (C=O) groups excluding carboxylic acids is 1. The second-order valence-electron chi connectivity index (χ2n) is 6.79. The first kappa shape index (κ1) is 18.9. The number of hydrogen-bond acceptors (Lipinski definition) is 6. The van der Waals surface area contributed by atoms with Gasteiger partial charge in [0.05, 0.1) is 17.0 Å². The van der Waals surface area contributed by atoms with Gasteiger partial charge >= 0.3 is 0 Å². The lowest BCUT2D eigenvalue weighted by atomic mass is 10.1. The van der Waals surface area contributed by atoms with Crippen LogP contribution in [0.5, 0.6) is 0 Å². The third kappa shape index (κ3) is 3.52. The highest BCUT2D eigenvalue weighted by atomic mass is 35.5. The van der Waals surface area contributed by atoms with Crippen LogP contribution >= 0.6 is 11.6 Å². The summed E-state index contributed by atoms with van der Waals surface area (Å²) in [6.45, 7) is 2.16. The van der Waals surface area contributed by atoms with E-state index in [0.717, 1.165) is 5.69 Å². The van der Waals surface area contributed by atoms with E-state index >= 15 is 0 Å². The Labute approximate surface area is 171 Å². The molecular formula is C20H17ClN6O2. The number of hydrogen-bond donors (Lipinski definition) is 0. The van der Waals surface area contributed by atoms with Gasteiger partial charge in [0.15, 0.2) is 5.69 Å². The monoisotopic (exact) mass is 408 g/mol. The summed E-state index contributed by atoms with van der Waals surface area (Å²) in [4.78, 5) is 33.2. The summed E-state index contributed by atoms with van der Waals surface area (Å²) in [5, 5.41) is 14.7. The minimum absolute atomic E-state index is 0.221. The molecule has 1 saturated heterocycles. The molecule has 8 nitrogen and oxygen atoms in total. The molecule has 0 radical (unpaired) electrons. The van der Waals surface area contributed by atoms with Gasteiger partial charge < -0.3 is 9.80 Å². The van der Waals surface area contributed by atoms with Crippen LogP contribution in [0.3, 0.4) is 0 Å². The van der Waals surface area contributed by atoms with E-state index in [1.165, 1.54) is 24.1 Å². The molecular weight excluding hydrogens is 392 g/mol. The van der Waals surface area contributed by atoms with E-state index in [0.29, 0.717) is 47.5 Å². The van der Waals surface area contributed by atoms with Gasteiger partial charge in [0.25, 0.3) is 11.5 Å². The fourth-order valence-corrected chi connectivity index (χ4v) is 3.72. The lowest BCUT2D eigenvalue weighted by Gasteiger charge is -2.36. The first-order valence-electron chi connectivity index (χ1n) is 9.04. The molecule has 0 atom stereocenters. The van der Waals surface area contributed by atoms with Crippen molar-refractivity contribution in [3.05, 3.63) is 63.3 Å². The molecule has 146 valence electrons. The van der Waals surface area contributed by atoms with Gasteiger partial charge in [-0.15, -0.1) is 0 Å². The summed E-state index contributed by atoms with van der Waals surface area (Å²) in [7, 11) is 1.53. The number of amides is 1. The Bertz CT molecular complexity index is 1210. The predicted molar refractivity (Wildman–Crippen MR) is 109 cm³/mol. The second kappa shape index (κ2) is 7.53. The number of aryl methyl sites for hydroxylation is 1. The van der Waals surface area contributed by atoms with Crippen LogP contribution in [0.25, 0.3) is 10.8 Å². The van der Waals surface area contributed by atoms with Crippen molar-refractivity contribution >= 4 is 34.0 Å². The maximum Gasteiger partial charge on any atom is 0.275 e. The minimum atomic E-state index is -0.266. The van der Waals surface area contributed by atoms with Crippen LogP contribution in [0, 0.1) is 11.3 Å². The van der Waals surface area contributed by atoms with Crippen LogP contribution in [0.15, 0.2) is 41.5 Å². The van der Waals surface area contributed by atoms with Gasteiger partial charge in [-0.3, -0.25) is 14.6 Å². The highest BCUT2D eigenvalue weighted by Gasteiger charge is 2.26. The third-order valence-corrected chi connectivity index (χ3v) is 5.21. The molecule has 0 aliphatic carbocycles. The molecule has 0 N–H and O–H groups in total. The molecule has 3 heterocycles. The quantitative estimate of drug-likeness (QED) is 0.641. The predicted octanol–water partition coefficient (Wildman–Crippen LogP) is 1.82. The zero-order valence-corrected chi connectivity index (χ0v) is 16.4. The number of pyridine rings is 1. The molecule has 0 saturated carbocycles. The number of anilines is 1. The second-order valence-corrected chi connectivity index (χ2v) is 7.22. The van der Waals surface area contributed by atoms with Crippen molar-refractivity contribution in [1.82, 2.24) is 19.7 Å². The number of piperazine rings is 1. The fraction of sp³-hybridized carbons (Fsp3) is 0.250. The van der Waals surface area contributed by atoms with Gasteiger partial charge in [-0.05, 0) is 24.3 Å². The van der Waals surface area contributed by atoms with Crippen molar-refractivity contribution in [2.24, 2.45) is 7.05 Å². The van der Waals surface area contributed by atoms with Crippen LogP contribution in [0.4, 0.5) is 5.69 Å². The number of benzene rings is 1. The smallest absolute Gasteiger partial charge is 0.275 e. The van der Waals surface area contributed by atoms with Crippen molar-refractivity contribution < 1.29 is 4.79 Å². The number of nitrogens with zero attached hydrogens (tertiary/aromatic N) is 6. The SMILES string of the molecule is Cn1nc(C(=O)N2CCN(c3cc(Cl)cc(C#N)c3)CC2)c2cnccc2c1=O. The van der Waals surface area contributed by atoms with Crippen LogP contribution in [-0.4, -0.2) is 51.8 Å². The molecule has 3 aromatic rings. The van der Waals surface area contributed by atoms with Crippen molar-refractivity contribution in [2.45, 2.75) is 0 Å². The van der Waals surface area contributed by atoms with Crippen molar-refractivity contribution in [3.8, 4) is 6.07 Å². The Morgan fingerprint density at radius 1 is 1.17 bits per heavy atom. The summed E-state index contributed by atoms with van der Waals surface area (Å²) >= 11 is 6.11. The normalized spacial score (nSPS) is 14.1. The maximum absolute atomic E-state index is 13.1. The first-order valence-corrected chi connectivity index (χ1v) is 9.41. The van der Waals surface area contributed by atoms with E-state index in [1.54, 1.807) is 23.1 Å². The zero-order chi connectivity index (χ0) is 20.5. The molecule has 1 fully saturated rings. The standard InChI is InChI=1S/C20H17ClN6O2/c1-25-19(28)16-2-3-23-12-17(16)18(24-25)20(29)27-6-4-26(5-7-27)15-9-13(11-22)8-14(21)10-15/h2-3,8-10,12H,4-7H2,1H3. The number of halogens is 1. The van der Waals surface area contributed by atoms with E-state index < -0.39 is 0 Å². The van der Waals surface area contributed by atoms with E-state index in [1.807, 2.05) is 6.07 Å². The van der Waals surface area contributed by atoms with Gasteiger partial charge in [-0.25, -0.2) is 4.68 Å². The molecule has 0 unspecified atom stereocenters. The van der Waals surface area contributed by atoms with Crippen LogP contribution < -0.4 is 10.5 Å². The average molecular weight is 409 g/mol. The lowest BCUT2D eigenvalue weighted by molar-refractivity contribution is 0.0740. The highest BCUT2D eigenvalue weighted by Crippen LogP contribution is 2.24. The van der Waals surface area contributed by atoms with Crippen LogP contribution in [0.2, 0.25) is 5.02 Å². The Kier molecular flexibility index (Phi) is 4.91. The van der Waals surface area contributed by atoms with E-state index in [4.69, 9.17) is 16.9 Å². The summed E-state index contributed by atoms with van der Waals surface area (Å²) in [6, 6.07) is 8.92. The Balaban J connectivity index is 1.57. The van der Waals surface area contributed by atoms with E-state index in [-0.39, 0.29) is 17.2 Å². The Morgan fingerprint density at radius 2 is 1.93 bits per heavy atom.